The van der Waals surface area contributed by atoms with E-state index in [-0.39, 0.29) is 5.91 Å². The van der Waals surface area contributed by atoms with Crippen LogP contribution in [0.2, 0.25) is 0 Å². The fourth-order valence-corrected chi connectivity index (χ4v) is 4.37. The first-order chi connectivity index (χ1) is 14.8. The Morgan fingerprint density at radius 3 is 2.87 bits per heavy atom. The SMILES string of the molecule is O=C(C[C@H]1CCNC[C@@H]1Cc1cc(CN2CCOCC2)on1)NCc1ccccc1. The third-order valence-electron chi connectivity index (χ3n) is 6.11. The van der Waals surface area contributed by atoms with Crippen LogP contribution in [0.15, 0.2) is 40.9 Å². The third kappa shape index (κ3) is 6.14. The quantitative estimate of drug-likeness (QED) is 0.690. The molecule has 0 spiro atoms. The Balaban J connectivity index is 1.27. The normalized spacial score (nSPS) is 22.7. The molecule has 0 bridgehead atoms. The van der Waals surface area contributed by atoms with Crippen LogP contribution >= 0.6 is 0 Å². The maximum atomic E-state index is 12.5. The van der Waals surface area contributed by atoms with Crippen LogP contribution in [0.1, 0.15) is 29.9 Å². The van der Waals surface area contributed by atoms with Gasteiger partial charge >= 0.3 is 0 Å². The molecule has 2 saturated heterocycles. The lowest BCUT2D eigenvalue weighted by Gasteiger charge is -2.31. The van der Waals surface area contributed by atoms with Crippen molar-refractivity contribution in [3.8, 4) is 0 Å². The number of hydrogen-bond donors (Lipinski definition) is 2. The molecule has 0 saturated carbocycles. The van der Waals surface area contributed by atoms with E-state index in [2.05, 4.69) is 26.8 Å². The second kappa shape index (κ2) is 10.7. The van der Waals surface area contributed by atoms with Crippen LogP contribution in [0.5, 0.6) is 0 Å². The van der Waals surface area contributed by atoms with Gasteiger partial charge in [0.2, 0.25) is 5.91 Å². The number of nitrogens with zero attached hydrogens (tertiary/aromatic N) is 2. The summed E-state index contributed by atoms with van der Waals surface area (Å²) in [4.78, 5) is 14.9. The first kappa shape index (κ1) is 21.0. The zero-order valence-corrected chi connectivity index (χ0v) is 17.5. The van der Waals surface area contributed by atoms with E-state index in [1.165, 1.54) is 0 Å². The number of hydrogen-bond acceptors (Lipinski definition) is 6. The second-order valence-electron chi connectivity index (χ2n) is 8.36. The molecule has 1 aromatic carbocycles. The Kier molecular flexibility index (Phi) is 7.50. The van der Waals surface area contributed by atoms with E-state index in [1.54, 1.807) is 0 Å². The minimum absolute atomic E-state index is 0.129. The number of piperidine rings is 1. The lowest BCUT2D eigenvalue weighted by atomic mass is 9.81. The molecule has 1 amide bonds. The molecule has 2 aliphatic heterocycles. The summed E-state index contributed by atoms with van der Waals surface area (Å²) in [7, 11) is 0. The minimum atomic E-state index is 0.129. The molecule has 0 unspecified atom stereocenters. The van der Waals surface area contributed by atoms with Crippen LogP contribution in [0.4, 0.5) is 0 Å². The summed E-state index contributed by atoms with van der Waals surface area (Å²) in [5.74, 6) is 1.79. The maximum Gasteiger partial charge on any atom is 0.220 e. The first-order valence-corrected chi connectivity index (χ1v) is 11.0. The van der Waals surface area contributed by atoms with Crippen molar-refractivity contribution in [2.24, 2.45) is 11.8 Å². The average molecular weight is 413 g/mol. The predicted molar refractivity (Wildman–Crippen MR) is 114 cm³/mol. The van der Waals surface area contributed by atoms with E-state index in [0.717, 1.165) is 75.8 Å². The van der Waals surface area contributed by atoms with E-state index in [1.807, 2.05) is 30.3 Å². The van der Waals surface area contributed by atoms with Gasteiger partial charge in [-0.25, -0.2) is 0 Å². The van der Waals surface area contributed by atoms with Crippen LogP contribution in [0.25, 0.3) is 0 Å². The van der Waals surface area contributed by atoms with Gasteiger partial charge in [-0.15, -0.1) is 0 Å². The molecule has 30 heavy (non-hydrogen) atoms. The van der Waals surface area contributed by atoms with Crippen LogP contribution in [0.3, 0.4) is 0 Å². The minimum Gasteiger partial charge on any atom is -0.379 e. The number of nitrogens with one attached hydrogen (secondary N) is 2. The van der Waals surface area contributed by atoms with Gasteiger partial charge in [0.05, 0.1) is 25.5 Å². The molecular weight excluding hydrogens is 380 g/mol. The number of rotatable bonds is 8. The molecule has 4 rings (SSSR count). The Labute approximate surface area is 178 Å². The van der Waals surface area contributed by atoms with Crippen LogP contribution < -0.4 is 10.6 Å². The third-order valence-corrected chi connectivity index (χ3v) is 6.11. The van der Waals surface area contributed by atoms with Crippen molar-refractivity contribution < 1.29 is 14.1 Å². The highest BCUT2D eigenvalue weighted by Crippen LogP contribution is 2.26. The molecule has 2 aromatic rings. The molecule has 2 fully saturated rings. The van der Waals surface area contributed by atoms with Crippen molar-refractivity contribution in [1.29, 1.82) is 0 Å². The van der Waals surface area contributed by atoms with Crippen molar-refractivity contribution in [3.05, 3.63) is 53.4 Å². The highest BCUT2D eigenvalue weighted by molar-refractivity contribution is 5.76. The number of morpholine rings is 1. The van der Waals surface area contributed by atoms with E-state index in [0.29, 0.717) is 24.8 Å². The van der Waals surface area contributed by atoms with Gasteiger partial charge in [0.1, 0.15) is 0 Å². The molecule has 0 aliphatic carbocycles. The van der Waals surface area contributed by atoms with Gasteiger partial charge in [-0.2, -0.15) is 0 Å². The zero-order chi connectivity index (χ0) is 20.6. The fourth-order valence-electron chi connectivity index (χ4n) is 4.37. The van der Waals surface area contributed by atoms with Crippen LogP contribution in [0, 0.1) is 11.8 Å². The Morgan fingerprint density at radius 1 is 1.20 bits per heavy atom. The number of ether oxygens (including phenoxy) is 1. The Hall–Kier alpha value is -2.22. The summed E-state index contributed by atoms with van der Waals surface area (Å²) in [6.45, 7) is 6.68. The van der Waals surface area contributed by atoms with E-state index in [9.17, 15) is 4.79 Å². The van der Waals surface area contributed by atoms with E-state index >= 15 is 0 Å². The molecule has 1 aromatic heterocycles. The van der Waals surface area contributed by atoms with Crippen molar-refractivity contribution in [2.75, 3.05) is 39.4 Å². The number of aromatic nitrogens is 1. The number of amides is 1. The van der Waals surface area contributed by atoms with E-state index in [4.69, 9.17) is 9.26 Å². The largest absolute Gasteiger partial charge is 0.379 e. The van der Waals surface area contributed by atoms with Gasteiger partial charge in [0.25, 0.3) is 0 Å². The lowest BCUT2D eigenvalue weighted by molar-refractivity contribution is -0.122. The smallest absolute Gasteiger partial charge is 0.220 e. The molecule has 2 atom stereocenters. The highest BCUT2D eigenvalue weighted by atomic mass is 16.5. The van der Waals surface area contributed by atoms with Crippen LogP contribution in [-0.2, 0) is 29.0 Å². The summed E-state index contributed by atoms with van der Waals surface area (Å²) in [5, 5.41) is 10.9. The lowest BCUT2D eigenvalue weighted by Crippen LogP contribution is -2.40. The average Bonchev–Trinajstić information content (AvgIpc) is 3.22. The monoisotopic (exact) mass is 412 g/mol. The van der Waals surface area contributed by atoms with Crippen molar-refractivity contribution >= 4 is 5.91 Å². The predicted octanol–water partition coefficient (Wildman–Crippen LogP) is 1.98. The number of carbonyl (C=O) groups is 1. The molecular formula is C23H32N4O3. The fraction of sp³-hybridized carbons (Fsp3) is 0.565. The van der Waals surface area contributed by atoms with Gasteiger partial charge in [-0.3, -0.25) is 9.69 Å². The molecule has 0 radical (unpaired) electrons. The Morgan fingerprint density at radius 2 is 2.03 bits per heavy atom. The van der Waals surface area contributed by atoms with Gasteiger partial charge in [0.15, 0.2) is 5.76 Å². The highest BCUT2D eigenvalue weighted by Gasteiger charge is 2.28. The maximum absolute atomic E-state index is 12.5. The second-order valence-corrected chi connectivity index (χ2v) is 8.36. The molecule has 162 valence electrons. The summed E-state index contributed by atoms with van der Waals surface area (Å²) in [6, 6.07) is 12.1. The summed E-state index contributed by atoms with van der Waals surface area (Å²) >= 11 is 0. The molecule has 2 aliphatic rings. The van der Waals surface area contributed by atoms with Crippen LogP contribution in [-0.4, -0.2) is 55.4 Å². The van der Waals surface area contributed by atoms with E-state index < -0.39 is 0 Å². The standard InChI is InChI=1S/C23H32N4O3/c28-23(25-15-18-4-2-1-3-5-18)13-19-6-7-24-16-20(19)12-21-14-22(30-26-21)17-27-8-10-29-11-9-27/h1-5,14,19-20,24H,6-13,15-17H2,(H,25,28)/t19-,20+/m1/s1. The van der Waals surface area contributed by atoms with Crippen molar-refractivity contribution in [2.45, 2.75) is 32.4 Å². The summed E-state index contributed by atoms with van der Waals surface area (Å²) in [6.07, 6.45) is 2.43. The van der Waals surface area contributed by atoms with Crippen molar-refractivity contribution in [1.82, 2.24) is 20.7 Å². The zero-order valence-electron chi connectivity index (χ0n) is 17.5. The first-order valence-electron chi connectivity index (χ1n) is 11.0. The summed E-state index contributed by atoms with van der Waals surface area (Å²) in [5.41, 5.74) is 2.12. The van der Waals surface area contributed by atoms with Gasteiger partial charge in [0, 0.05) is 32.1 Å². The number of benzene rings is 1. The topological polar surface area (TPSA) is 79.6 Å². The van der Waals surface area contributed by atoms with Gasteiger partial charge in [-0.1, -0.05) is 35.5 Å². The van der Waals surface area contributed by atoms with Gasteiger partial charge < -0.3 is 19.9 Å². The van der Waals surface area contributed by atoms with Gasteiger partial charge in [-0.05, 0) is 43.3 Å². The number of carbonyl (C=O) groups excluding carboxylic acids is 1. The molecule has 3 heterocycles. The molecule has 2 N–H and O–H groups in total. The van der Waals surface area contributed by atoms with Crippen molar-refractivity contribution in [3.63, 3.8) is 0 Å². The summed E-state index contributed by atoms with van der Waals surface area (Å²) < 4.78 is 11.0. The molecule has 7 nitrogen and oxygen atoms in total. The molecule has 7 heteroatoms. The Bertz CT molecular complexity index is 789.